The SMILES string of the molecule is CSC(C(=O)N1CCCCC1)(c1ccccc1)c1ccccc1NC1CCCCC1. The number of para-hydroxylation sites is 1. The van der Waals surface area contributed by atoms with E-state index in [1.165, 1.54) is 38.5 Å². The predicted molar refractivity (Wildman–Crippen MR) is 128 cm³/mol. The molecular weight excluding hydrogens is 388 g/mol. The number of hydrogen-bond acceptors (Lipinski definition) is 3. The lowest BCUT2D eigenvalue weighted by molar-refractivity contribution is -0.133. The van der Waals surface area contributed by atoms with E-state index in [0.717, 1.165) is 42.7 Å². The van der Waals surface area contributed by atoms with Crippen molar-refractivity contribution >= 4 is 23.4 Å². The fourth-order valence-corrected chi connectivity index (χ4v) is 6.16. The number of benzene rings is 2. The quantitative estimate of drug-likeness (QED) is 0.615. The van der Waals surface area contributed by atoms with Crippen molar-refractivity contribution in [2.24, 2.45) is 0 Å². The minimum Gasteiger partial charge on any atom is -0.382 e. The number of amides is 1. The number of anilines is 1. The number of rotatable bonds is 6. The lowest BCUT2D eigenvalue weighted by atomic mass is 9.86. The van der Waals surface area contributed by atoms with Gasteiger partial charge in [0.1, 0.15) is 4.75 Å². The van der Waals surface area contributed by atoms with Crippen LogP contribution in [0.4, 0.5) is 5.69 Å². The van der Waals surface area contributed by atoms with E-state index in [2.05, 4.69) is 65.0 Å². The number of thioether (sulfide) groups is 1. The van der Waals surface area contributed by atoms with Gasteiger partial charge in [-0.15, -0.1) is 11.8 Å². The molecule has 0 radical (unpaired) electrons. The first-order chi connectivity index (χ1) is 14.8. The number of nitrogens with zero attached hydrogens (tertiary/aromatic N) is 1. The molecule has 1 saturated heterocycles. The van der Waals surface area contributed by atoms with E-state index in [1.54, 1.807) is 11.8 Å². The molecule has 0 aromatic heterocycles. The van der Waals surface area contributed by atoms with E-state index < -0.39 is 4.75 Å². The van der Waals surface area contributed by atoms with Crippen LogP contribution in [0.3, 0.4) is 0 Å². The molecule has 160 valence electrons. The Hall–Kier alpha value is -1.94. The minimum absolute atomic E-state index is 0.235. The summed E-state index contributed by atoms with van der Waals surface area (Å²) in [7, 11) is 0. The molecule has 3 nitrogen and oxygen atoms in total. The van der Waals surface area contributed by atoms with Crippen molar-refractivity contribution in [1.82, 2.24) is 4.90 Å². The molecule has 1 atom stereocenters. The van der Waals surface area contributed by atoms with Crippen molar-refractivity contribution in [1.29, 1.82) is 0 Å². The first-order valence-corrected chi connectivity index (χ1v) is 12.7. The molecule has 30 heavy (non-hydrogen) atoms. The van der Waals surface area contributed by atoms with Gasteiger partial charge in [0.2, 0.25) is 5.91 Å². The highest BCUT2D eigenvalue weighted by Gasteiger charge is 2.45. The molecule has 4 heteroatoms. The van der Waals surface area contributed by atoms with Gasteiger partial charge in [-0.2, -0.15) is 0 Å². The zero-order chi connectivity index (χ0) is 20.8. The maximum Gasteiger partial charge on any atom is 0.247 e. The molecule has 1 heterocycles. The van der Waals surface area contributed by atoms with Gasteiger partial charge in [0.25, 0.3) is 0 Å². The second-order valence-electron chi connectivity index (χ2n) is 8.63. The van der Waals surface area contributed by atoms with E-state index in [4.69, 9.17) is 0 Å². The molecule has 2 aromatic carbocycles. The van der Waals surface area contributed by atoms with Gasteiger partial charge in [-0.25, -0.2) is 0 Å². The molecule has 1 unspecified atom stereocenters. The fourth-order valence-electron chi connectivity index (χ4n) is 5.08. The van der Waals surface area contributed by atoms with Crippen LogP contribution in [0.2, 0.25) is 0 Å². The number of carbonyl (C=O) groups excluding carboxylic acids is 1. The van der Waals surface area contributed by atoms with Crippen LogP contribution in [-0.2, 0) is 9.54 Å². The van der Waals surface area contributed by atoms with Crippen molar-refractivity contribution in [3.8, 4) is 0 Å². The summed E-state index contributed by atoms with van der Waals surface area (Å²) >= 11 is 1.67. The standard InChI is InChI=1S/C26H34N2OS/c1-30-26(21-13-5-2-6-14-21,25(29)28-19-11-4-12-20-28)23-17-9-10-18-24(23)27-22-15-7-3-8-16-22/h2,5-6,9-10,13-14,17-18,22,27H,3-4,7-8,11-12,15-16,19-20H2,1H3. The Morgan fingerprint density at radius 1 is 0.900 bits per heavy atom. The Balaban J connectivity index is 1.79. The van der Waals surface area contributed by atoms with Crippen LogP contribution in [-0.4, -0.2) is 36.2 Å². The topological polar surface area (TPSA) is 32.3 Å². The largest absolute Gasteiger partial charge is 0.382 e. The van der Waals surface area contributed by atoms with Crippen LogP contribution in [0, 0.1) is 0 Å². The average molecular weight is 423 g/mol. The number of piperidine rings is 1. The number of hydrogen-bond donors (Lipinski definition) is 1. The van der Waals surface area contributed by atoms with Gasteiger partial charge >= 0.3 is 0 Å². The highest BCUT2D eigenvalue weighted by molar-refractivity contribution is 8.00. The first-order valence-electron chi connectivity index (χ1n) is 11.5. The van der Waals surface area contributed by atoms with E-state index in [0.29, 0.717) is 6.04 Å². The Morgan fingerprint density at radius 2 is 1.53 bits per heavy atom. The maximum atomic E-state index is 14.2. The van der Waals surface area contributed by atoms with E-state index in [1.807, 2.05) is 6.07 Å². The molecule has 1 N–H and O–H groups in total. The van der Waals surface area contributed by atoms with Gasteiger partial charge in [-0.1, -0.05) is 67.8 Å². The van der Waals surface area contributed by atoms with Crippen LogP contribution >= 0.6 is 11.8 Å². The molecule has 0 spiro atoms. The molecule has 2 aliphatic rings. The van der Waals surface area contributed by atoms with Crippen LogP contribution in [0.5, 0.6) is 0 Å². The monoisotopic (exact) mass is 422 g/mol. The van der Waals surface area contributed by atoms with E-state index in [9.17, 15) is 4.79 Å². The molecule has 0 bridgehead atoms. The zero-order valence-corrected chi connectivity index (χ0v) is 18.9. The molecule has 1 saturated carbocycles. The second-order valence-corrected chi connectivity index (χ2v) is 9.65. The Kier molecular flexibility index (Phi) is 7.04. The Labute approximate surface area is 185 Å². The number of carbonyl (C=O) groups is 1. The summed E-state index contributed by atoms with van der Waals surface area (Å²) < 4.78 is -0.725. The molecule has 2 fully saturated rings. The van der Waals surface area contributed by atoms with E-state index >= 15 is 0 Å². The van der Waals surface area contributed by atoms with Crippen molar-refractivity contribution in [3.05, 3.63) is 65.7 Å². The Morgan fingerprint density at radius 3 is 2.23 bits per heavy atom. The summed E-state index contributed by atoms with van der Waals surface area (Å²) in [6.45, 7) is 1.73. The van der Waals surface area contributed by atoms with Gasteiger partial charge < -0.3 is 10.2 Å². The minimum atomic E-state index is -0.725. The molecular formula is C26H34N2OS. The normalized spacial score (nSPS) is 19.8. The fraction of sp³-hybridized carbons (Fsp3) is 0.500. The molecule has 1 amide bonds. The third-order valence-electron chi connectivity index (χ3n) is 6.70. The van der Waals surface area contributed by atoms with Crippen molar-refractivity contribution in [3.63, 3.8) is 0 Å². The van der Waals surface area contributed by atoms with Gasteiger partial charge in [0.05, 0.1) is 0 Å². The molecule has 1 aliphatic carbocycles. The maximum absolute atomic E-state index is 14.2. The van der Waals surface area contributed by atoms with Crippen molar-refractivity contribution in [2.45, 2.75) is 62.2 Å². The van der Waals surface area contributed by atoms with Crippen LogP contribution in [0.1, 0.15) is 62.5 Å². The third kappa shape index (κ3) is 4.25. The van der Waals surface area contributed by atoms with Crippen molar-refractivity contribution in [2.75, 3.05) is 24.7 Å². The highest BCUT2D eigenvalue weighted by Crippen LogP contribution is 2.46. The van der Waals surface area contributed by atoms with Gasteiger partial charge in [0.15, 0.2) is 0 Å². The Bertz CT molecular complexity index is 828. The van der Waals surface area contributed by atoms with Crippen LogP contribution in [0.15, 0.2) is 54.6 Å². The third-order valence-corrected chi connectivity index (χ3v) is 7.94. The van der Waals surface area contributed by atoms with E-state index in [-0.39, 0.29) is 5.91 Å². The van der Waals surface area contributed by atoms with Gasteiger partial charge in [-0.05, 0) is 50.0 Å². The predicted octanol–water partition coefficient (Wildman–Crippen LogP) is 6.05. The number of likely N-dealkylation sites (tertiary alicyclic amines) is 1. The molecule has 1 aliphatic heterocycles. The lowest BCUT2D eigenvalue weighted by Gasteiger charge is -2.40. The summed E-state index contributed by atoms with van der Waals surface area (Å²) in [6, 6.07) is 19.4. The zero-order valence-electron chi connectivity index (χ0n) is 18.1. The summed E-state index contributed by atoms with van der Waals surface area (Å²) in [5, 5.41) is 3.83. The number of nitrogens with one attached hydrogen (secondary N) is 1. The summed E-state index contributed by atoms with van der Waals surface area (Å²) in [5.74, 6) is 0.235. The highest BCUT2D eigenvalue weighted by atomic mass is 32.2. The van der Waals surface area contributed by atoms with Crippen LogP contribution in [0.25, 0.3) is 0 Å². The molecule has 2 aromatic rings. The molecule has 4 rings (SSSR count). The van der Waals surface area contributed by atoms with Gasteiger partial charge in [0, 0.05) is 30.4 Å². The average Bonchev–Trinajstić information content (AvgIpc) is 2.83. The first kappa shape index (κ1) is 21.3. The second kappa shape index (κ2) is 9.91. The summed E-state index contributed by atoms with van der Waals surface area (Å²) in [4.78, 5) is 16.3. The lowest BCUT2D eigenvalue weighted by Crippen LogP contribution is -2.48. The summed E-state index contributed by atoms with van der Waals surface area (Å²) in [6.07, 6.45) is 11.9. The van der Waals surface area contributed by atoms with Crippen LogP contribution < -0.4 is 5.32 Å². The smallest absolute Gasteiger partial charge is 0.247 e. The van der Waals surface area contributed by atoms with Crippen molar-refractivity contribution < 1.29 is 4.79 Å². The summed E-state index contributed by atoms with van der Waals surface area (Å²) in [5.41, 5.74) is 3.30. The van der Waals surface area contributed by atoms with Gasteiger partial charge in [-0.3, -0.25) is 4.79 Å².